The van der Waals surface area contributed by atoms with Crippen LogP contribution in [0.5, 0.6) is 0 Å². The fourth-order valence-corrected chi connectivity index (χ4v) is 4.53. The van der Waals surface area contributed by atoms with E-state index in [0.29, 0.717) is 11.4 Å². The van der Waals surface area contributed by atoms with Gasteiger partial charge >= 0.3 is 5.97 Å². The van der Waals surface area contributed by atoms with E-state index in [2.05, 4.69) is 11.1 Å². The number of rotatable bonds is 4. The highest BCUT2D eigenvalue weighted by Crippen LogP contribution is 2.26. The molecule has 1 aliphatic carbocycles. The number of carbonyl (C=O) groups is 2. The Bertz CT molecular complexity index is 873. The van der Waals surface area contributed by atoms with Gasteiger partial charge in [0, 0.05) is 5.92 Å². The number of ether oxygens (including phenoxy) is 1. The standard InChI is InChI=1S/C19H24N2O3S/c1-4-24-16(22)11-21-15-10-12(2)9-13(3)17(15)25-19(21)20-18(23)14-7-5-6-8-14/h9-10,14H,4-8,11H2,1-3H3. The SMILES string of the molecule is CCOC(=O)Cn1c(=NC(=O)C2CCCC2)sc2c(C)cc(C)cc21. The van der Waals surface area contributed by atoms with E-state index in [4.69, 9.17) is 4.74 Å². The van der Waals surface area contributed by atoms with Crippen LogP contribution in [0.15, 0.2) is 17.1 Å². The fourth-order valence-electron chi connectivity index (χ4n) is 3.44. The maximum absolute atomic E-state index is 12.5. The van der Waals surface area contributed by atoms with Gasteiger partial charge in [-0.3, -0.25) is 9.59 Å². The van der Waals surface area contributed by atoms with E-state index >= 15 is 0 Å². The molecule has 1 aliphatic rings. The molecule has 134 valence electrons. The molecule has 25 heavy (non-hydrogen) atoms. The number of aryl methyl sites for hydroxylation is 2. The van der Waals surface area contributed by atoms with Gasteiger partial charge in [0.2, 0.25) is 0 Å². The highest BCUT2D eigenvalue weighted by Gasteiger charge is 2.23. The second-order valence-corrected chi connectivity index (χ2v) is 7.61. The zero-order valence-corrected chi connectivity index (χ0v) is 15.8. The molecule has 0 unspecified atom stereocenters. The number of esters is 1. The number of amides is 1. The molecule has 1 aromatic carbocycles. The van der Waals surface area contributed by atoms with Gasteiger partial charge in [-0.2, -0.15) is 4.99 Å². The van der Waals surface area contributed by atoms with Crippen molar-refractivity contribution in [3.05, 3.63) is 28.1 Å². The Balaban J connectivity index is 2.10. The number of thiazole rings is 1. The van der Waals surface area contributed by atoms with Gasteiger partial charge < -0.3 is 9.30 Å². The van der Waals surface area contributed by atoms with Crippen molar-refractivity contribution >= 4 is 33.4 Å². The molecule has 2 aromatic rings. The molecule has 0 radical (unpaired) electrons. The highest BCUT2D eigenvalue weighted by molar-refractivity contribution is 7.16. The maximum atomic E-state index is 12.5. The molecule has 1 heterocycles. The molecule has 0 saturated heterocycles. The van der Waals surface area contributed by atoms with Crippen LogP contribution in [-0.4, -0.2) is 23.1 Å². The van der Waals surface area contributed by atoms with Crippen LogP contribution >= 0.6 is 11.3 Å². The Hall–Kier alpha value is -1.95. The molecule has 0 bridgehead atoms. The number of hydrogen-bond donors (Lipinski definition) is 0. The lowest BCUT2D eigenvalue weighted by atomic mass is 10.1. The minimum Gasteiger partial charge on any atom is -0.465 e. The Morgan fingerprint density at radius 3 is 2.68 bits per heavy atom. The topological polar surface area (TPSA) is 60.7 Å². The molecular weight excluding hydrogens is 336 g/mol. The van der Waals surface area contributed by atoms with Gasteiger partial charge in [0.25, 0.3) is 5.91 Å². The first-order valence-corrected chi connectivity index (χ1v) is 9.66. The number of carbonyl (C=O) groups excluding carboxylic acids is 2. The molecule has 0 spiro atoms. The summed E-state index contributed by atoms with van der Waals surface area (Å²) >= 11 is 1.47. The molecule has 0 aliphatic heterocycles. The Kier molecular flexibility index (Phi) is 5.37. The van der Waals surface area contributed by atoms with Crippen LogP contribution in [0.2, 0.25) is 0 Å². The molecule has 0 atom stereocenters. The number of aromatic nitrogens is 1. The second-order valence-electron chi connectivity index (χ2n) is 6.64. The second kappa shape index (κ2) is 7.52. The maximum Gasteiger partial charge on any atom is 0.326 e. The van der Waals surface area contributed by atoms with Gasteiger partial charge in [-0.1, -0.05) is 30.2 Å². The molecule has 5 nitrogen and oxygen atoms in total. The molecule has 0 N–H and O–H groups in total. The van der Waals surface area contributed by atoms with Crippen molar-refractivity contribution in [3.8, 4) is 0 Å². The summed E-state index contributed by atoms with van der Waals surface area (Å²) in [6.07, 6.45) is 4.03. The minimum atomic E-state index is -0.309. The normalized spacial score (nSPS) is 15.9. The smallest absolute Gasteiger partial charge is 0.326 e. The summed E-state index contributed by atoms with van der Waals surface area (Å²) in [6, 6.07) is 4.15. The van der Waals surface area contributed by atoms with Crippen molar-refractivity contribution in [3.63, 3.8) is 0 Å². The average molecular weight is 360 g/mol. The summed E-state index contributed by atoms with van der Waals surface area (Å²) in [6.45, 7) is 6.28. The zero-order valence-electron chi connectivity index (χ0n) is 15.0. The average Bonchev–Trinajstić information content (AvgIpc) is 3.18. The number of hydrogen-bond acceptors (Lipinski definition) is 4. The lowest BCUT2D eigenvalue weighted by Gasteiger charge is -2.07. The first-order chi connectivity index (χ1) is 12.0. The van der Waals surface area contributed by atoms with E-state index in [0.717, 1.165) is 47.0 Å². The monoisotopic (exact) mass is 360 g/mol. The van der Waals surface area contributed by atoms with Crippen LogP contribution in [0, 0.1) is 19.8 Å². The van der Waals surface area contributed by atoms with Crippen molar-refractivity contribution in [1.82, 2.24) is 4.57 Å². The first kappa shape index (κ1) is 17.9. The van der Waals surface area contributed by atoms with Crippen molar-refractivity contribution in [1.29, 1.82) is 0 Å². The van der Waals surface area contributed by atoms with Gasteiger partial charge in [0.15, 0.2) is 4.80 Å². The van der Waals surface area contributed by atoms with Crippen LogP contribution < -0.4 is 4.80 Å². The van der Waals surface area contributed by atoms with E-state index in [1.54, 1.807) is 6.92 Å². The first-order valence-electron chi connectivity index (χ1n) is 8.84. The van der Waals surface area contributed by atoms with Gasteiger partial charge in [-0.05, 0) is 50.8 Å². The third-order valence-corrected chi connectivity index (χ3v) is 5.85. The van der Waals surface area contributed by atoms with Crippen LogP contribution in [-0.2, 0) is 20.9 Å². The Morgan fingerprint density at radius 1 is 1.28 bits per heavy atom. The third-order valence-electron chi connectivity index (χ3n) is 4.62. The van der Waals surface area contributed by atoms with Crippen molar-refractivity contribution in [2.45, 2.75) is 53.0 Å². The van der Waals surface area contributed by atoms with Crippen LogP contribution in [0.3, 0.4) is 0 Å². The summed E-state index contributed by atoms with van der Waals surface area (Å²) in [5.74, 6) is -0.337. The van der Waals surface area contributed by atoms with Crippen molar-refractivity contribution in [2.24, 2.45) is 10.9 Å². The lowest BCUT2D eigenvalue weighted by Crippen LogP contribution is -2.24. The molecule has 1 amide bonds. The zero-order chi connectivity index (χ0) is 18.0. The predicted molar refractivity (Wildman–Crippen MR) is 98.5 cm³/mol. The van der Waals surface area contributed by atoms with Crippen molar-refractivity contribution < 1.29 is 14.3 Å². The van der Waals surface area contributed by atoms with Crippen molar-refractivity contribution in [2.75, 3.05) is 6.61 Å². The molecule has 1 aromatic heterocycles. The number of nitrogens with zero attached hydrogens (tertiary/aromatic N) is 2. The third kappa shape index (κ3) is 3.84. The van der Waals surface area contributed by atoms with E-state index in [1.807, 2.05) is 24.5 Å². The quantitative estimate of drug-likeness (QED) is 0.784. The summed E-state index contributed by atoms with van der Waals surface area (Å²) in [7, 11) is 0. The molecule has 6 heteroatoms. The number of fused-ring (bicyclic) bond motifs is 1. The summed E-state index contributed by atoms with van der Waals surface area (Å²) < 4.78 is 7.99. The summed E-state index contributed by atoms with van der Waals surface area (Å²) in [5, 5.41) is 0. The van der Waals surface area contributed by atoms with E-state index < -0.39 is 0 Å². The van der Waals surface area contributed by atoms with Crippen LogP contribution in [0.25, 0.3) is 10.2 Å². The Morgan fingerprint density at radius 2 is 2.00 bits per heavy atom. The highest BCUT2D eigenvalue weighted by atomic mass is 32.1. The van der Waals surface area contributed by atoms with E-state index in [-0.39, 0.29) is 24.3 Å². The van der Waals surface area contributed by atoms with E-state index in [9.17, 15) is 9.59 Å². The van der Waals surface area contributed by atoms with Gasteiger partial charge in [-0.25, -0.2) is 0 Å². The van der Waals surface area contributed by atoms with E-state index in [1.165, 1.54) is 11.3 Å². The molecule has 1 fully saturated rings. The van der Waals surface area contributed by atoms with Gasteiger partial charge in [0.1, 0.15) is 6.54 Å². The molecule has 3 rings (SSSR count). The molecule has 1 saturated carbocycles. The fraction of sp³-hybridized carbons (Fsp3) is 0.526. The van der Waals surface area contributed by atoms with Crippen LogP contribution in [0.1, 0.15) is 43.7 Å². The summed E-state index contributed by atoms with van der Waals surface area (Å²) in [4.78, 5) is 29.6. The lowest BCUT2D eigenvalue weighted by molar-refractivity contribution is -0.143. The summed E-state index contributed by atoms with van der Waals surface area (Å²) in [5.41, 5.74) is 3.19. The predicted octanol–water partition coefficient (Wildman–Crippen LogP) is 3.50. The number of benzene rings is 1. The Labute approximate surface area is 151 Å². The van der Waals surface area contributed by atoms with Gasteiger partial charge in [0.05, 0.1) is 16.8 Å². The van der Waals surface area contributed by atoms with Gasteiger partial charge in [-0.15, -0.1) is 0 Å². The minimum absolute atomic E-state index is 0.0316. The molecular formula is C19H24N2O3S. The van der Waals surface area contributed by atoms with Crippen LogP contribution in [0.4, 0.5) is 0 Å². The largest absolute Gasteiger partial charge is 0.465 e.